The van der Waals surface area contributed by atoms with Crippen LogP contribution in [0.2, 0.25) is 0 Å². The summed E-state index contributed by atoms with van der Waals surface area (Å²) in [7, 11) is 1.64. The Morgan fingerprint density at radius 3 is 2.62 bits per heavy atom. The van der Waals surface area contributed by atoms with Crippen LogP contribution in [0.25, 0.3) is 10.9 Å². The summed E-state index contributed by atoms with van der Waals surface area (Å²) >= 11 is 0. The molecule has 1 atom stereocenters. The van der Waals surface area contributed by atoms with Crippen LogP contribution in [0.3, 0.4) is 0 Å². The number of fused-ring (bicyclic) bond motifs is 3. The Bertz CT molecular complexity index is 1190. The standard InChI is InChI=1S/C20H14FN3O2/c1-24-15-9-5-3-7-12(15)18-17(20(24)25)16(13(10-22)19(23)26-18)11-6-2-4-8-14(11)21/h2-9,16H,23H2,1H3/t16-/m0/s1. The maximum Gasteiger partial charge on any atom is 0.258 e. The van der Waals surface area contributed by atoms with Crippen LogP contribution in [-0.2, 0) is 7.05 Å². The average Bonchev–Trinajstić information content (AvgIpc) is 2.65. The first-order valence-corrected chi connectivity index (χ1v) is 7.98. The van der Waals surface area contributed by atoms with E-state index in [1.165, 1.54) is 10.6 Å². The third-order valence-corrected chi connectivity index (χ3v) is 4.68. The van der Waals surface area contributed by atoms with Gasteiger partial charge in [0, 0.05) is 18.0 Å². The molecule has 128 valence electrons. The lowest BCUT2D eigenvalue weighted by Gasteiger charge is -2.27. The van der Waals surface area contributed by atoms with Gasteiger partial charge in [0.15, 0.2) is 0 Å². The lowest BCUT2D eigenvalue weighted by atomic mass is 9.83. The van der Waals surface area contributed by atoms with E-state index in [1.54, 1.807) is 37.4 Å². The Morgan fingerprint density at radius 2 is 1.88 bits per heavy atom. The smallest absolute Gasteiger partial charge is 0.258 e. The number of hydrogen-bond acceptors (Lipinski definition) is 4. The molecule has 6 heteroatoms. The number of halogens is 1. The number of nitrogens with two attached hydrogens (primary N) is 1. The van der Waals surface area contributed by atoms with E-state index in [4.69, 9.17) is 10.5 Å². The van der Waals surface area contributed by atoms with Crippen LogP contribution in [0, 0.1) is 17.1 Å². The SMILES string of the molecule is Cn1c(=O)c2c(c3ccccc31)OC(N)=C(C#N)[C@@H]2c1ccccc1F. The molecule has 2 N–H and O–H groups in total. The number of nitrogens with zero attached hydrogens (tertiary/aromatic N) is 2. The van der Waals surface area contributed by atoms with Crippen molar-refractivity contribution in [3.05, 3.63) is 87.3 Å². The summed E-state index contributed by atoms with van der Waals surface area (Å²) in [5, 5.41) is 10.3. The summed E-state index contributed by atoms with van der Waals surface area (Å²) in [5.41, 5.74) is 6.72. The van der Waals surface area contributed by atoms with Gasteiger partial charge in [-0.2, -0.15) is 5.26 Å². The summed E-state index contributed by atoms with van der Waals surface area (Å²) in [6.07, 6.45) is 0. The van der Waals surface area contributed by atoms with E-state index in [9.17, 15) is 14.4 Å². The fourth-order valence-corrected chi connectivity index (χ4v) is 3.45. The largest absolute Gasteiger partial charge is 0.439 e. The van der Waals surface area contributed by atoms with Gasteiger partial charge in [0.25, 0.3) is 5.56 Å². The van der Waals surface area contributed by atoms with Gasteiger partial charge in [0.05, 0.1) is 17.0 Å². The molecule has 3 aromatic rings. The zero-order chi connectivity index (χ0) is 18.4. The van der Waals surface area contributed by atoms with Crippen LogP contribution in [0.15, 0.2) is 64.8 Å². The zero-order valence-electron chi connectivity index (χ0n) is 13.9. The quantitative estimate of drug-likeness (QED) is 0.734. The Kier molecular flexibility index (Phi) is 3.51. The number of allylic oxidation sites excluding steroid dienone is 1. The first kappa shape index (κ1) is 15.9. The topological polar surface area (TPSA) is 81.0 Å². The fraction of sp³-hybridized carbons (Fsp3) is 0.100. The van der Waals surface area contributed by atoms with Gasteiger partial charge in [-0.15, -0.1) is 0 Å². The normalized spacial score (nSPS) is 16.1. The van der Waals surface area contributed by atoms with Crippen molar-refractivity contribution in [2.75, 3.05) is 0 Å². The van der Waals surface area contributed by atoms with Gasteiger partial charge < -0.3 is 15.0 Å². The van der Waals surface area contributed by atoms with Gasteiger partial charge in [-0.25, -0.2) is 4.39 Å². The minimum atomic E-state index is -0.923. The molecule has 0 aliphatic carbocycles. The Morgan fingerprint density at radius 1 is 1.19 bits per heavy atom. The van der Waals surface area contributed by atoms with Crippen LogP contribution >= 0.6 is 0 Å². The van der Waals surface area contributed by atoms with Gasteiger partial charge in [-0.05, 0) is 18.2 Å². The van der Waals surface area contributed by atoms with Crippen LogP contribution in [-0.4, -0.2) is 4.57 Å². The maximum absolute atomic E-state index is 14.5. The van der Waals surface area contributed by atoms with E-state index >= 15 is 0 Å². The van der Waals surface area contributed by atoms with Crippen LogP contribution < -0.4 is 16.0 Å². The van der Waals surface area contributed by atoms with E-state index < -0.39 is 11.7 Å². The molecule has 0 unspecified atom stereocenters. The second-order valence-electron chi connectivity index (χ2n) is 6.07. The zero-order valence-corrected chi connectivity index (χ0v) is 13.9. The number of pyridine rings is 1. The molecule has 0 bridgehead atoms. The van der Waals surface area contributed by atoms with Gasteiger partial charge in [0.2, 0.25) is 5.88 Å². The van der Waals surface area contributed by atoms with E-state index in [0.29, 0.717) is 10.9 Å². The van der Waals surface area contributed by atoms with Crippen LogP contribution in [0.5, 0.6) is 5.75 Å². The number of benzene rings is 2. The van der Waals surface area contributed by atoms with Gasteiger partial charge in [0.1, 0.15) is 23.2 Å². The predicted molar refractivity (Wildman–Crippen MR) is 94.9 cm³/mol. The molecule has 0 saturated heterocycles. The summed E-state index contributed by atoms with van der Waals surface area (Å²) in [6, 6.07) is 15.2. The van der Waals surface area contributed by atoms with Gasteiger partial charge in [-0.3, -0.25) is 4.79 Å². The van der Waals surface area contributed by atoms with Crippen molar-refractivity contribution in [3.8, 4) is 11.8 Å². The number of para-hydroxylation sites is 1. The monoisotopic (exact) mass is 347 g/mol. The number of rotatable bonds is 1. The second-order valence-corrected chi connectivity index (χ2v) is 6.07. The number of ether oxygens (including phenoxy) is 1. The van der Waals surface area contributed by atoms with Crippen molar-refractivity contribution in [2.24, 2.45) is 12.8 Å². The minimum Gasteiger partial charge on any atom is -0.439 e. The van der Waals surface area contributed by atoms with Crippen molar-refractivity contribution in [2.45, 2.75) is 5.92 Å². The second kappa shape index (κ2) is 5.74. The van der Waals surface area contributed by atoms with E-state index in [2.05, 4.69) is 0 Å². The van der Waals surface area contributed by atoms with E-state index in [1.807, 2.05) is 18.2 Å². The summed E-state index contributed by atoms with van der Waals surface area (Å²) < 4.78 is 21.7. The maximum atomic E-state index is 14.5. The molecule has 0 fully saturated rings. The summed E-state index contributed by atoms with van der Waals surface area (Å²) in [4.78, 5) is 13.1. The lowest BCUT2D eigenvalue weighted by molar-refractivity contribution is 0.394. The van der Waals surface area contributed by atoms with Crippen molar-refractivity contribution in [3.63, 3.8) is 0 Å². The molecule has 2 heterocycles. The van der Waals surface area contributed by atoms with Gasteiger partial charge >= 0.3 is 0 Å². The molecule has 1 aromatic heterocycles. The number of nitriles is 1. The Labute approximate surface area is 148 Å². The van der Waals surface area contributed by atoms with E-state index in [0.717, 1.165) is 0 Å². The van der Waals surface area contributed by atoms with E-state index in [-0.39, 0.29) is 33.9 Å². The molecule has 1 aliphatic heterocycles. The van der Waals surface area contributed by atoms with Crippen molar-refractivity contribution < 1.29 is 9.13 Å². The molecule has 0 amide bonds. The van der Waals surface area contributed by atoms with Crippen LogP contribution in [0.4, 0.5) is 4.39 Å². The molecule has 5 nitrogen and oxygen atoms in total. The van der Waals surface area contributed by atoms with Crippen molar-refractivity contribution >= 4 is 10.9 Å². The number of aryl methyl sites for hydroxylation is 1. The highest BCUT2D eigenvalue weighted by molar-refractivity contribution is 5.88. The highest BCUT2D eigenvalue weighted by atomic mass is 19.1. The molecule has 0 radical (unpaired) electrons. The summed E-state index contributed by atoms with van der Waals surface area (Å²) in [5.74, 6) is -1.28. The third kappa shape index (κ3) is 2.11. The predicted octanol–water partition coefficient (Wildman–Crippen LogP) is 2.90. The molecule has 0 spiro atoms. The summed E-state index contributed by atoms with van der Waals surface area (Å²) in [6.45, 7) is 0. The van der Waals surface area contributed by atoms with Crippen LogP contribution in [0.1, 0.15) is 17.0 Å². The highest BCUT2D eigenvalue weighted by Crippen LogP contribution is 2.43. The fourth-order valence-electron chi connectivity index (χ4n) is 3.45. The molecular weight excluding hydrogens is 333 g/mol. The molecule has 0 saturated carbocycles. The molecule has 26 heavy (non-hydrogen) atoms. The van der Waals surface area contributed by atoms with Gasteiger partial charge in [-0.1, -0.05) is 30.3 Å². The van der Waals surface area contributed by atoms with Crippen molar-refractivity contribution in [1.29, 1.82) is 5.26 Å². The molecule has 2 aromatic carbocycles. The van der Waals surface area contributed by atoms with Crippen molar-refractivity contribution in [1.82, 2.24) is 4.57 Å². The number of hydrogen-bond donors (Lipinski definition) is 1. The average molecular weight is 347 g/mol. The highest BCUT2D eigenvalue weighted by Gasteiger charge is 2.36. The lowest BCUT2D eigenvalue weighted by Crippen LogP contribution is -2.31. The number of aromatic nitrogens is 1. The molecule has 1 aliphatic rings. The Balaban J connectivity index is 2.16. The Hall–Kier alpha value is -3.59. The third-order valence-electron chi connectivity index (χ3n) is 4.68. The minimum absolute atomic E-state index is 0.0231. The molecular formula is C20H14FN3O2. The first-order valence-electron chi connectivity index (χ1n) is 7.98. The first-order chi connectivity index (χ1) is 12.5. The molecule has 4 rings (SSSR count).